The van der Waals surface area contributed by atoms with Gasteiger partial charge in [0.25, 0.3) is 0 Å². The summed E-state index contributed by atoms with van der Waals surface area (Å²) in [5, 5.41) is 2.97. The summed E-state index contributed by atoms with van der Waals surface area (Å²) in [6.45, 7) is 0. The number of hydrogen-bond acceptors (Lipinski definition) is 3. The summed E-state index contributed by atoms with van der Waals surface area (Å²) in [5.41, 5.74) is 1.59. The van der Waals surface area contributed by atoms with Gasteiger partial charge in [0.1, 0.15) is 23.4 Å². The molecule has 0 aliphatic rings. The largest absolute Gasteiger partial charge is 0.497 e. The normalized spacial score (nSPS) is 12.1. The molecular formula is C21H20FN3O2. The molecule has 0 aliphatic carbocycles. The van der Waals surface area contributed by atoms with Gasteiger partial charge in [-0.1, -0.05) is 24.3 Å². The van der Waals surface area contributed by atoms with Gasteiger partial charge in [-0.05, 0) is 41.5 Å². The quantitative estimate of drug-likeness (QED) is 0.681. The van der Waals surface area contributed by atoms with Crippen LogP contribution in [0.2, 0.25) is 0 Å². The lowest BCUT2D eigenvalue weighted by Crippen LogP contribution is -2.29. The number of benzene rings is 2. The minimum Gasteiger partial charge on any atom is -0.497 e. The fourth-order valence-corrected chi connectivity index (χ4v) is 2.71. The molecule has 138 valence electrons. The van der Waals surface area contributed by atoms with Crippen molar-refractivity contribution in [2.75, 3.05) is 7.11 Å². The van der Waals surface area contributed by atoms with E-state index in [1.54, 1.807) is 31.5 Å². The molecule has 1 unspecified atom stereocenters. The van der Waals surface area contributed by atoms with E-state index in [-0.39, 0.29) is 11.7 Å². The Balaban J connectivity index is 1.84. The minimum atomic E-state index is -0.439. The molecule has 0 aliphatic heterocycles. The number of aryl methyl sites for hydroxylation is 1. The second kappa shape index (κ2) is 8.31. The summed E-state index contributed by atoms with van der Waals surface area (Å²) >= 11 is 0. The van der Waals surface area contributed by atoms with Crippen LogP contribution in [0.3, 0.4) is 0 Å². The summed E-state index contributed by atoms with van der Waals surface area (Å²) < 4.78 is 20.1. The Morgan fingerprint density at radius 3 is 2.70 bits per heavy atom. The number of carbonyl (C=O) groups is 1. The second-order valence-corrected chi connectivity index (χ2v) is 6.00. The molecule has 0 bridgehead atoms. The molecule has 1 heterocycles. The number of amides is 1. The zero-order chi connectivity index (χ0) is 19.2. The molecule has 3 rings (SSSR count). The molecule has 0 fully saturated rings. The molecule has 1 N–H and O–H groups in total. The molecule has 0 saturated carbocycles. The van der Waals surface area contributed by atoms with Crippen molar-refractivity contribution in [1.82, 2.24) is 14.9 Å². The predicted molar refractivity (Wildman–Crippen MR) is 102 cm³/mol. The monoisotopic (exact) mass is 365 g/mol. The maximum absolute atomic E-state index is 13.0. The fourth-order valence-electron chi connectivity index (χ4n) is 2.71. The van der Waals surface area contributed by atoms with E-state index in [0.29, 0.717) is 11.6 Å². The number of nitrogens with zero attached hydrogens (tertiary/aromatic N) is 2. The molecule has 5 nitrogen and oxygen atoms in total. The van der Waals surface area contributed by atoms with Gasteiger partial charge in [0, 0.05) is 25.5 Å². The zero-order valence-corrected chi connectivity index (χ0v) is 15.1. The highest BCUT2D eigenvalue weighted by molar-refractivity contribution is 5.92. The molecule has 3 aromatic rings. The standard InChI is InChI=1S/C21H20FN3O2/c1-25-13-12-23-21(25)20(16-4-3-5-18(14-16)27-2)24-19(26)11-8-15-6-9-17(22)10-7-15/h3-14,20H,1-2H3,(H,24,26). The third-order valence-electron chi connectivity index (χ3n) is 4.13. The van der Waals surface area contributed by atoms with Crippen molar-refractivity contribution in [3.8, 4) is 5.75 Å². The average molecular weight is 365 g/mol. The number of nitrogens with one attached hydrogen (secondary N) is 1. The lowest BCUT2D eigenvalue weighted by atomic mass is 10.1. The van der Waals surface area contributed by atoms with Gasteiger partial charge in [0.2, 0.25) is 5.91 Å². The number of aromatic nitrogens is 2. The van der Waals surface area contributed by atoms with Gasteiger partial charge in [-0.15, -0.1) is 0 Å². The van der Waals surface area contributed by atoms with E-state index < -0.39 is 6.04 Å². The minimum absolute atomic E-state index is 0.282. The first-order chi connectivity index (χ1) is 13.1. The molecule has 1 aromatic heterocycles. The molecule has 6 heteroatoms. The molecule has 0 radical (unpaired) electrons. The van der Waals surface area contributed by atoms with Crippen LogP contribution in [0.25, 0.3) is 6.08 Å². The maximum atomic E-state index is 13.0. The Hall–Kier alpha value is -3.41. The summed E-state index contributed by atoms with van der Waals surface area (Å²) in [4.78, 5) is 16.9. The first-order valence-electron chi connectivity index (χ1n) is 8.42. The van der Waals surface area contributed by atoms with E-state index in [2.05, 4.69) is 10.3 Å². The number of imidazole rings is 1. The summed E-state index contributed by atoms with van der Waals surface area (Å²) in [6, 6.07) is 13.0. The number of halogens is 1. The van der Waals surface area contributed by atoms with Gasteiger partial charge in [-0.3, -0.25) is 4.79 Å². The molecule has 27 heavy (non-hydrogen) atoms. The van der Waals surface area contributed by atoms with Crippen LogP contribution in [0.1, 0.15) is 23.0 Å². The second-order valence-electron chi connectivity index (χ2n) is 6.00. The Morgan fingerprint density at radius 1 is 1.26 bits per heavy atom. The third-order valence-corrected chi connectivity index (χ3v) is 4.13. The third kappa shape index (κ3) is 4.61. The summed E-state index contributed by atoms with van der Waals surface area (Å²) in [6.07, 6.45) is 6.56. The van der Waals surface area contributed by atoms with Crippen molar-refractivity contribution < 1.29 is 13.9 Å². The van der Waals surface area contributed by atoms with Crippen LogP contribution < -0.4 is 10.1 Å². The summed E-state index contributed by atoms with van der Waals surface area (Å²) in [7, 11) is 3.47. The highest BCUT2D eigenvalue weighted by atomic mass is 19.1. The molecule has 1 amide bonds. The van der Waals surface area contributed by atoms with Crippen molar-refractivity contribution in [2.45, 2.75) is 6.04 Å². The van der Waals surface area contributed by atoms with Crippen molar-refractivity contribution in [3.63, 3.8) is 0 Å². The maximum Gasteiger partial charge on any atom is 0.244 e. The van der Waals surface area contributed by atoms with E-state index >= 15 is 0 Å². The number of methoxy groups -OCH3 is 1. The number of rotatable bonds is 6. The van der Waals surface area contributed by atoms with Crippen molar-refractivity contribution in [2.24, 2.45) is 7.05 Å². The average Bonchev–Trinajstić information content (AvgIpc) is 3.11. The first-order valence-corrected chi connectivity index (χ1v) is 8.42. The Morgan fingerprint density at radius 2 is 2.04 bits per heavy atom. The SMILES string of the molecule is COc1cccc(C(NC(=O)C=Cc2ccc(F)cc2)c2nccn2C)c1. The zero-order valence-electron chi connectivity index (χ0n) is 15.1. The molecule has 2 aromatic carbocycles. The van der Waals surface area contributed by atoms with Gasteiger partial charge in [0.15, 0.2) is 0 Å². The molecule has 0 spiro atoms. The fraction of sp³-hybridized carbons (Fsp3) is 0.143. The Labute approximate surface area is 157 Å². The molecule has 0 saturated heterocycles. The van der Waals surface area contributed by atoms with Crippen LogP contribution in [0.15, 0.2) is 67.0 Å². The predicted octanol–water partition coefficient (Wildman–Crippen LogP) is 3.49. The van der Waals surface area contributed by atoms with Crippen LogP contribution in [0.5, 0.6) is 5.75 Å². The number of carbonyl (C=O) groups excluding carboxylic acids is 1. The van der Waals surface area contributed by atoms with Gasteiger partial charge >= 0.3 is 0 Å². The van der Waals surface area contributed by atoms with Gasteiger partial charge < -0.3 is 14.6 Å². The van der Waals surface area contributed by atoms with E-state index in [1.165, 1.54) is 18.2 Å². The Bertz CT molecular complexity index is 948. The number of hydrogen-bond donors (Lipinski definition) is 1. The topological polar surface area (TPSA) is 56.1 Å². The van der Waals surface area contributed by atoms with E-state index in [0.717, 1.165) is 11.1 Å². The van der Waals surface area contributed by atoms with E-state index in [4.69, 9.17) is 4.74 Å². The Kier molecular flexibility index (Phi) is 5.66. The lowest BCUT2D eigenvalue weighted by Gasteiger charge is -2.19. The van der Waals surface area contributed by atoms with E-state index in [9.17, 15) is 9.18 Å². The highest BCUT2D eigenvalue weighted by Crippen LogP contribution is 2.24. The van der Waals surface area contributed by atoms with Crippen LogP contribution in [0.4, 0.5) is 4.39 Å². The van der Waals surface area contributed by atoms with Crippen molar-refractivity contribution >= 4 is 12.0 Å². The smallest absolute Gasteiger partial charge is 0.244 e. The highest BCUT2D eigenvalue weighted by Gasteiger charge is 2.20. The molecular weight excluding hydrogens is 345 g/mol. The number of ether oxygens (including phenoxy) is 1. The molecule has 1 atom stereocenters. The van der Waals surface area contributed by atoms with Crippen LogP contribution >= 0.6 is 0 Å². The van der Waals surface area contributed by atoms with Gasteiger partial charge in [-0.25, -0.2) is 9.37 Å². The van der Waals surface area contributed by atoms with Crippen LogP contribution in [-0.4, -0.2) is 22.6 Å². The van der Waals surface area contributed by atoms with Gasteiger partial charge in [-0.2, -0.15) is 0 Å². The van der Waals surface area contributed by atoms with Gasteiger partial charge in [0.05, 0.1) is 7.11 Å². The lowest BCUT2D eigenvalue weighted by molar-refractivity contribution is -0.117. The first kappa shape index (κ1) is 18.4. The van der Waals surface area contributed by atoms with Crippen molar-refractivity contribution in [1.29, 1.82) is 0 Å². The van der Waals surface area contributed by atoms with Crippen LogP contribution in [-0.2, 0) is 11.8 Å². The van der Waals surface area contributed by atoms with Crippen molar-refractivity contribution in [3.05, 3.63) is 89.8 Å². The summed E-state index contributed by atoms with van der Waals surface area (Å²) in [5.74, 6) is 0.800. The van der Waals surface area contributed by atoms with Crippen LogP contribution in [0, 0.1) is 5.82 Å². The van der Waals surface area contributed by atoms with E-state index in [1.807, 2.05) is 42.1 Å².